The Morgan fingerprint density at radius 1 is 0.676 bits per heavy atom. The van der Waals surface area contributed by atoms with Gasteiger partial charge in [-0.1, -0.05) is 62.9 Å². The van der Waals surface area contributed by atoms with Crippen LogP contribution in [-0.4, -0.2) is 17.7 Å². The zero-order valence-corrected chi connectivity index (χ0v) is 23.8. The van der Waals surface area contributed by atoms with E-state index in [1.54, 1.807) is 30.3 Å². The molecule has 2 heterocycles. The average Bonchev–Trinajstić information content (AvgIpc) is 3.38. The Bertz CT molecular complexity index is 1720. The maximum atomic E-state index is 12.8. The maximum Gasteiger partial charge on any atom is 0.281 e. The first kappa shape index (κ1) is 26.0. The number of rotatable bonds is 4. The highest BCUT2D eigenvalue weighted by molar-refractivity contribution is 9.10. The highest BCUT2D eigenvalue weighted by Gasteiger charge is 2.19. The summed E-state index contributed by atoms with van der Waals surface area (Å²) in [5.41, 5.74) is 5.50. The van der Waals surface area contributed by atoms with Crippen molar-refractivity contribution in [3.63, 3.8) is 0 Å². The molecule has 37 heavy (non-hydrogen) atoms. The SMILES string of the molecule is O=C(NNC(=O)c1sc2cc(Cl)ccc2c1Cl)c1ccc(NC(=O)c2sc3cc(Br)ccc3c2Cl)cc1. The Kier molecular flexibility index (Phi) is 7.44. The van der Waals surface area contributed by atoms with Gasteiger partial charge in [0.1, 0.15) is 9.75 Å². The van der Waals surface area contributed by atoms with E-state index in [4.69, 9.17) is 34.8 Å². The summed E-state index contributed by atoms with van der Waals surface area (Å²) in [6, 6.07) is 17.0. The molecule has 3 amide bonds. The molecule has 0 atom stereocenters. The molecule has 5 rings (SSSR count). The Morgan fingerprint density at radius 2 is 1.24 bits per heavy atom. The van der Waals surface area contributed by atoms with Crippen LogP contribution in [-0.2, 0) is 0 Å². The van der Waals surface area contributed by atoms with Gasteiger partial charge in [-0.05, 0) is 48.5 Å². The van der Waals surface area contributed by atoms with E-state index in [0.717, 1.165) is 19.3 Å². The Morgan fingerprint density at radius 3 is 1.92 bits per heavy atom. The fourth-order valence-electron chi connectivity index (χ4n) is 3.51. The van der Waals surface area contributed by atoms with Crippen molar-refractivity contribution < 1.29 is 14.4 Å². The number of anilines is 1. The first-order valence-corrected chi connectivity index (χ1v) is 14.0. The number of fused-ring (bicyclic) bond motifs is 2. The minimum absolute atomic E-state index is 0.254. The van der Waals surface area contributed by atoms with Crippen LogP contribution in [0, 0.1) is 0 Å². The number of carbonyl (C=O) groups excluding carboxylic acids is 3. The molecule has 0 radical (unpaired) electrons. The van der Waals surface area contributed by atoms with Crippen molar-refractivity contribution in [1.29, 1.82) is 0 Å². The molecule has 0 bridgehead atoms. The molecule has 6 nitrogen and oxygen atoms in total. The number of thiophene rings is 2. The van der Waals surface area contributed by atoms with Crippen molar-refractivity contribution in [3.05, 3.63) is 95.5 Å². The normalized spacial score (nSPS) is 11.0. The van der Waals surface area contributed by atoms with Gasteiger partial charge in [-0.15, -0.1) is 22.7 Å². The molecule has 0 spiro atoms. The van der Waals surface area contributed by atoms with Crippen LogP contribution in [0.1, 0.15) is 29.7 Å². The summed E-state index contributed by atoms with van der Waals surface area (Å²) in [7, 11) is 0. The second-order valence-electron chi connectivity index (χ2n) is 7.71. The molecule has 0 aliphatic carbocycles. The van der Waals surface area contributed by atoms with Gasteiger partial charge in [0.05, 0.1) is 10.0 Å². The first-order chi connectivity index (χ1) is 17.7. The third kappa shape index (κ3) is 5.34. The van der Waals surface area contributed by atoms with Gasteiger partial charge in [0, 0.05) is 40.9 Å². The highest BCUT2D eigenvalue weighted by atomic mass is 79.9. The van der Waals surface area contributed by atoms with Crippen LogP contribution in [0.3, 0.4) is 0 Å². The minimum atomic E-state index is -0.549. The van der Waals surface area contributed by atoms with Gasteiger partial charge in [-0.3, -0.25) is 25.2 Å². The molecular formula is C25H13BrCl3N3O3S2. The van der Waals surface area contributed by atoms with Crippen molar-refractivity contribution in [3.8, 4) is 0 Å². The second-order valence-corrected chi connectivity index (χ2v) is 11.9. The van der Waals surface area contributed by atoms with Gasteiger partial charge >= 0.3 is 0 Å². The van der Waals surface area contributed by atoms with Gasteiger partial charge in [-0.2, -0.15) is 0 Å². The lowest BCUT2D eigenvalue weighted by atomic mass is 10.2. The second kappa shape index (κ2) is 10.6. The fraction of sp³-hybridized carbons (Fsp3) is 0. The van der Waals surface area contributed by atoms with Crippen LogP contribution >= 0.6 is 73.4 Å². The van der Waals surface area contributed by atoms with E-state index in [1.807, 2.05) is 18.2 Å². The molecule has 0 aliphatic rings. The maximum absolute atomic E-state index is 12.8. The minimum Gasteiger partial charge on any atom is -0.321 e. The number of hydrazine groups is 1. The predicted molar refractivity (Wildman–Crippen MR) is 156 cm³/mol. The average molecular weight is 654 g/mol. The molecule has 186 valence electrons. The van der Waals surface area contributed by atoms with Gasteiger partial charge in [0.25, 0.3) is 17.7 Å². The zero-order valence-electron chi connectivity index (χ0n) is 18.3. The van der Waals surface area contributed by atoms with Crippen molar-refractivity contribution in [2.24, 2.45) is 0 Å². The number of hydrogen-bond acceptors (Lipinski definition) is 5. The lowest BCUT2D eigenvalue weighted by Crippen LogP contribution is -2.41. The highest BCUT2D eigenvalue weighted by Crippen LogP contribution is 2.38. The number of nitrogens with one attached hydrogen (secondary N) is 3. The Balaban J connectivity index is 1.22. The van der Waals surface area contributed by atoms with Crippen LogP contribution in [0.15, 0.2) is 65.1 Å². The molecular weight excluding hydrogens is 641 g/mol. The van der Waals surface area contributed by atoms with E-state index < -0.39 is 11.8 Å². The molecule has 12 heteroatoms. The summed E-state index contributed by atoms with van der Waals surface area (Å²) in [4.78, 5) is 38.5. The lowest BCUT2D eigenvalue weighted by Gasteiger charge is -2.08. The largest absolute Gasteiger partial charge is 0.321 e. The van der Waals surface area contributed by atoms with Crippen molar-refractivity contribution >= 4 is 117 Å². The number of hydrogen-bond donors (Lipinski definition) is 3. The third-order valence-corrected chi connectivity index (χ3v) is 9.33. The molecule has 0 unspecified atom stereocenters. The van der Waals surface area contributed by atoms with Crippen LogP contribution in [0.5, 0.6) is 0 Å². The molecule has 3 aromatic carbocycles. The molecule has 3 N–H and O–H groups in total. The summed E-state index contributed by atoms with van der Waals surface area (Å²) in [6.45, 7) is 0. The van der Waals surface area contributed by atoms with E-state index in [1.165, 1.54) is 34.8 Å². The summed E-state index contributed by atoms with van der Waals surface area (Å²) < 4.78 is 2.54. The summed E-state index contributed by atoms with van der Waals surface area (Å²) in [5.74, 6) is -1.44. The van der Waals surface area contributed by atoms with E-state index in [-0.39, 0.29) is 21.4 Å². The molecule has 2 aromatic heterocycles. The molecule has 0 saturated heterocycles. The molecule has 5 aromatic rings. The quantitative estimate of drug-likeness (QED) is 0.171. The molecule has 0 saturated carbocycles. The fourth-order valence-corrected chi connectivity index (χ4v) is 7.16. The smallest absolute Gasteiger partial charge is 0.281 e. The molecule has 0 fully saturated rings. The monoisotopic (exact) mass is 651 g/mol. The van der Waals surface area contributed by atoms with Gasteiger partial charge in [-0.25, -0.2) is 0 Å². The number of halogens is 4. The number of benzene rings is 3. The third-order valence-electron chi connectivity index (χ3n) is 5.29. The first-order valence-electron chi connectivity index (χ1n) is 10.5. The topological polar surface area (TPSA) is 87.3 Å². The van der Waals surface area contributed by atoms with E-state index in [2.05, 4.69) is 32.1 Å². The van der Waals surface area contributed by atoms with Gasteiger partial charge < -0.3 is 5.32 Å². The standard InChI is InChI=1S/C25H13BrCl3N3O3S2/c26-12-3-7-15-17(9-12)36-21(19(15)28)24(34)30-14-5-1-11(2-6-14)23(33)31-32-25(35)22-20(29)16-8-4-13(27)10-18(16)37-22/h1-10H,(H,30,34)(H,31,33)(H,32,35). The lowest BCUT2D eigenvalue weighted by molar-refractivity contribution is 0.0849. The van der Waals surface area contributed by atoms with Crippen LogP contribution in [0.25, 0.3) is 20.2 Å². The number of amides is 3. The van der Waals surface area contributed by atoms with E-state index >= 15 is 0 Å². The Labute approximate surface area is 241 Å². The van der Waals surface area contributed by atoms with Crippen LogP contribution in [0.4, 0.5) is 5.69 Å². The predicted octanol–water partition coefficient (Wildman–Crippen LogP) is 8.17. The Hall–Kier alpha value is -2.66. The van der Waals surface area contributed by atoms with Crippen LogP contribution < -0.4 is 16.2 Å². The van der Waals surface area contributed by atoms with Gasteiger partial charge in [0.2, 0.25) is 0 Å². The van der Waals surface area contributed by atoms with Crippen molar-refractivity contribution in [2.75, 3.05) is 5.32 Å². The zero-order chi connectivity index (χ0) is 26.3. The summed E-state index contributed by atoms with van der Waals surface area (Å²) in [6.07, 6.45) is 0. The van der Waals surface area contributed by atoms with Crippen molar-refractivity contribution in [1.82, 2.24) is 10.9 Å². The van der Waals surface area contributed by atoms with Crippen LogP contribution in [0.2, 0.25) is 15.1 Å². The summed E-state index contributed by atoms with van der Waals surface area (Å²) in [5, 5.41) is 5.50. The number of carbonyl (C=O) groups is 3. The molecule has 0 aliphatic heterocycles. The van der Waals surface area contributed by atoms with E-state index in [0.29, 0.717) is 26.0 Å². The van der Waals surface area contributed by atoms with Crippen molar-refractivity contribution in [2.45, 2.75) is 0 Å². The van der Waals surface area contributed by atoms with Gasteiger partial charge in [0.15, 0.2) is 0 Å². The van der Waals surface area contributed by atoms with E-state index in [9.17, 15) is 14.4 Å². The summed E-state index contributed by atoms with van der Waals surface area (Å²) >= 11 is 24.6.